The third-order valence-corrected chi connectivity index (χ3v) is 3.37. The molecule has 0 aliphatic heterocycles. The Balaban J connectivity index is 2.83. The Morgan fingerprint density at radius 3 is 2.81 bits per heavy atom. The van der Waals surface area contributed by atoms with E-state index in [1.54, 1.807) is 24.5 Å². The molecule has 0 fully saturated rings. The molecule has 0 aliphatic rings. The average molecular weight is 306 g/mol. The first-order valence-electron chi connectivity index (χ1n) is 4.58. The Morgan fingerprint density at radius 2 is 2.25 bits per heavy atom. The summed E-state index contributed by atoms with van der Waals surface area (Å²) in [5, 5.41) is 12.0. The van der Waals surface area contributed by atoms with Crippen LogP contribution < -0.4 is 5.32 Å². The number of carbonyl (C=O) groups is 1. The van der Waals surface area contributed by atoms with Crippen molar-refractivity contribution in [3.63, 3.8) is 0 Å². The van der Waals surface area contributed by atoms with Gasteiger partial charge in [-0.25, -0.2) is 4.79 Å². The summed E-state index contributed by atoms with van der Waals surface area (Å²) in [5.41, 5.74) is 0.733. The number of carboxylic acids is 1. The molecule has 0 saturated carbocycles. The third-order valence-electron chi connectivity index (χ3n) is 1.93. The lowest BCUT2D eigenvalue weighted by Crippen LogP contribution is -2.13. The number of hydrogen-bond donors (Lipinski definition) is 2. The van der Waals surface area contributed by atoms with Crippen LogP contribution in [0.25, 0.3) is 0 Å². The number of nitrogens with one attached hydrogen (secondary N) is 1. The van der Waals surface area contributed by atoms with E-state index in [1.807, 2.05) is 0 Å². The minimum atomic E-state index is -0.993. The van der Waals surface area contributed by atoms with E-state index in [-0.39, 0.29) is 5.56 Å². The summed E-state index contributed by atoms with van der Waals surface area (Å²) in [6.07, 6.45) is 1.61. The van der Waals surface area contributed by atoms with Crippen molar-refractivity contribution in [2.75, 3.05) is 23.9 Å². The van der Waals surface area contributed by atoms with E-state index in [0.717, 1.165) is 0 Å². The second-order valence-corrected chi connectivity index (χ2v) is 5.58. The molecule has 0 saturated heterocycles. The van der Waals surface area contributed by atoms with Crippen LogP contribution in [0.3, 0.4) is 0 Å². The van der Waals surface area contributed by atoms with Crippen molar-refractivity contribution in [1.29, 1.82) is 0 Å². The van der Waals surface area contributed by atoms with Gasteiger partial charge in [-0.3, -0.25) is 4.21 Å². The SMILES string of the molecule is CS(=O)CCNc1cccc(Br)c1C(=O)O. The third kappa shape index (κ3) is 3.61. The molecule has 1 aromatic rings. The molecule has 4 nitrogen and oxygen atoms in total. The topological polar surface area (TPSA) is 66.4 Å². The van der Waals surface area contributed by atoms with E-state index in [1.165, 1.54) is 0 Å². The van der Waals surface area contributed by atoms with E-state index in [4.69, 9.17) is 5.11 Å². The fraction of sp³-hybridized carbons (Fsp3) is 0.300. The van der Waals surface area contributed by atoms with Gasteiger partial charge in [0.05, 0.1) is 5.56 Å². The van der Waals surface area contributed by atoms with Crippen LogP contribution in [0.15, 0.2) is 22.7 Å². The molecule has 0 aromatic heterocycles. The molecule has 1 aromatic carbocycles. The maximum absolute atomic E-state index is 11.0. The molecule has 1 atom stereocenters. The quantitative estimate of drug-likeness (QED) is 0.872. The zero-order chi connectivity index (χ0) is 12.1. The van der Waals surface area contributed by atoms with Gasteiger partial charge in [0.2, 0.25) is 0 Å². The van der Waals surface area contributed by atoms with Crippen molar-refractivity contribution in [1.82, 2.24) is 0 Å². The summed E-state index contributed by atoms with van der Waals surface area (Å²) in [6, 6.07) is 5.11. The van der Waals surface area contributed by atoms with Crippen LogP contribution in [0.1, 0.15) is 10.4 Å². The van der Waals surface area contributed by atoms with Gasteiger partial charge >= 0.3 is 5.97 Å². The first kappa shape index (κ1) is 13.2. The molecule has 88 valence electrons. The van der Waals surface area contributed by atoms with Crippen molar-refractivity contribution in [3.05, 3.63) is 28.2 Å². The fourth-order valence-corrected chi connectivity index (χ4v) is 2.14. The normalized spacial score (nSPS) is 12.1. The highest BCUT2D eigenvalue weighted by atomic mass is 79.9. The number of aromatic carboxylic acids is 1. The zero-order valence-corrected chi connectivity index (χ0v) is 11.1. The zero-order valence-electron chi connectivity index (χ0n) is 8.70. The van der Waals surface area contributed by atoms with E-state index in [9.17, 15) is 9.00 Å². The van der Waals surface area contributed by atoms with Gasteiger partial charge in [-0.05, 0) is 28.1 Å². The Kier molecular flexibility index (Phi) is 4.95. The van der Waals surface area contributed by atoms with Crippen molar-refractivity contribution >= 4 is 38.4 Å². The summed E-state index contributed by atoms with van der Waals surface area (Å²) in [7, 11) is -0.884. The van der Waals surface area contributed by atoms with Gasteiger partial charge in [0, 0.05) is 39.5 Å². The maximum Gasteiger partial charge on any atom is 0.338 e. The molecule has 0 radical (unpaired) electrons. The van der Waals surface area contributed by atoms with Gasteiger partial charge in [0.25, 0.3) is 0 Å². The summed E-state index contributed by atoms with van der Waals surface area (Å²) in [4.78, 5) is 11.0. The molecular formula is C10H12BrNO3S. The number of rotatable bonds is 5. The van der Waals surface area contributed by atoms with Crippen molar-refractivity contribution in [3.8, 4) is 0 Å². The molecule has 16 heavy (non-hydrogen) atoms. The second kappa shape index (κ2) is 6.00. The molecule has 0 heterocycles. The molecule has 6 heteroatoms. The van der Waals surface area contributed by atoms with Crippen LogP contribution in [0, 0.1) is 0 Å². The van der Waals surface area contributed by atoms with Gasteiger partial charge in [0.1, 0.15) is 0 Å². The fourth-order valence-electron chi connectivity index (χ4n) is 1.22. The van der Waals surface area contributed by atoms with Crippen LogP contribution >= 0.6 is 15.9 Å². The van der Waals surface area contributed by atoms with Crippen LogP contribution in [0.4, 0.5) is 5.69 Å². The van der Waals surface area contributed by atoms with Gasteiger partial charge < -0.3 is 10.4 Å². The number of halogens is 1. The van der Waals surface area contributed by atoms with E-state index in [0.29, 0.717) is 22.5 Å². The maximum atomic E-state index is 11.0. The summed E-state index contributed by atoms with van der Waals surface area (Å²) >= 11 is 3.19. The lowest BCUT2D eigenvalue weighted by molar-refractivity contribution is 0.0697. The molecule has 1 rings (SSSR count). The van der Waals surface area contributed by atoms with Gasteiger partial charge in [-0.2, -0.15) is 0 Å². The lowest BCUT2D eigenvalue weighted by Gasteiger charge is -2.09. The Hall–Kier alpha value is -0.880. The molecule has 1 unspecified atom stereocenters. The summed E-state index contributed by atoms with van der Waals surface area (Å²) in [6.45, 7) is 0.486. The highest BCUT2D eigenvalue weighted by Gasteiger charge is 2.13. The Morgan fingerprint density at radius 1 is 1.56 bits per heavy atom. The van der Waals surface area contributed by atoms with Gasteiger partial charge in [-0.15, -0.1) is 0 Å². The molecule has 0 aliphatic carbocycles. The second-order valence-electron chi connectivity index (χ2n) is 3.17. The first-order valence-corrected chi connectivity index (χ1v) is 7.10. The van der Waals surface area contributed by atoms with E-state index >= 15 is 0 Å². The number of hydrogen-bond acceptors (Lipinski definition) is 3. The highest BCUT2D eigenvalue weighted by Crippen LogP contribution is 2.24. The minimum absolute atomic E-state index is 0.199. The molecular weight excluding hydrogens is 294 g/mol. The summed E-state index contributed by atoms with van der Waals surface area (Å²) in [5.74, 6) is -0.501. The van der Waals surface area contributed by atoms with Crippen molar-refractivity contribution in [2.24, 2.45) is 0 Å². The number of benzene rings is 1. The van der Waals surface area contributed by atoms with Crippen LogP contribution in [-0.2, 0) is 10.8 Å². The molecule has 0 spiro atoms. The van der Waals surface area contributed by atoms with Crippen LogP contribution in [0.5, 0.6) is 0 Å². The molecule has 0 amide bonds. The smallest absolute Gasteiger partial charge is 0.338 e. The standard InChI is InChI=1S/C10H12BrNO3S/c1-16(15)6-5-12-8-4-2-3-7(11)9(8)10(13)14/h2-4,12H,5-6H2,1H3,(H,13,14). The predicted octanol–water partition coefficient (Wildman–Crippen LogP) is 1.94. The number of anilines is 1. The molecule has 0 bridgehead atoms. The Bertz CT molecular complexity index is 423. The van der Waals surface area contributed by atoms with Gasteiger partial charge in [0.15, 0.2) is 0 Å². The van der Waals surface area contributed by atoms with Crippen molar-refractivity contribution < 1.29 is 14.1 Å². The molecule has 2 N–H and O–H groups in total. The summed E-state index contributed by atoms with van der Waals surface area (Å²) < 4.78 is 11.4. The van der Waals surface area contributed by atoms with Gasteiger partial charge in [-0.1, -0.05) is 6.07 Å². The van der Waals surface area contributed by atoms with Crippen LogP contribution in [-0.4, -0.2) is 33.8 Å². The minimum Gasteiger partial charge on any atom is -0.478 e. The Labute approximate surface area is 105 Å². The lowest BCUT2D eigenvalue weighted by atomic mass is 10.2. The predicted molar refractivity (Wildman–Crippen MR) is 68.5 cm³/mol. The monoisotopic (exact) mass is 305 g/mol. The van der Waals surface area contributed by atoms with E-state index < -0.39 is 16.8 Å². The van der Waals surface area contributed by atoms with Crippen molar-refractivity contribution in [2.45, 2.75) is 0 Å². The van der Waals surface area contributed by atoms with Crippen LogP contribution in [0.2, 0.25) is 0 Å². The average Bonchev–Trinajstić information content (AvgIpc) is 2.16. The largest absolute Gasteiger partial charge is 0.478 e. The van der Waals surface area contributed by atoms with E-state index in [2.05, 4.69) is 21.2 Å². The highest BCUT2D eigenvalue weighted by molar-refractivity contribution is 9.10. The first-order chi connectivity index (χ1) is 7.52. The number of carboxylic acid groups (broad SMARTS) is 1.